The summed E-state index contributed by atoms with van der Waals surface area (Å²) < 4.78 is 38.5. The van der Waals surface area contributed by atoms with Gasteiger partial charge < -0.3 is 15.7 Å². The van der Waals surface area contributed by atoms with Crippen LogP contribution < -0.4 is 10.6 Å². The van der Waals surface area contributed by atoms with Crippen molar-refractivity contribution in [2.75, 3.05) is 11.9 Å². The van der Waals surface area contributed by atoms with Crippen LogP contribution in [0.25, 0.3) is 11.1 Å². The fraction of sp³-hybridized carbons (Fsp3) is 0.308. The molecule has 1 amide bonds. The van der Waals surface area contributed by atoms with Crippen LogP contribution in [0.3, 0.4) is 0 Å². The van der Waals surface area contributed by atoms with Crippen LogP contribution in [-0.4, -0.2) is 33.5 Å². The smallest absolute Gasteiger partial charge is 0.416 e. The largest absolute Gasteiger partial charge is 0.481 e. The molecule has 10 heteroatoms. The number of halogens is 3. The number of hydrogen-bond donors (Lipinski definition) is 3. The number of aromatic nitrogens is 2. The summed E-state index contributed by atoms with van der Waals surface area (Å²) in [4.78, 5) is 31.1. The molecule has 0 unspecified atom stereocenters. The monoisotopic (exact) mass is 500 g/mol. The Labute approximate surface area is 206 Å². The fourth-order valence-electron chi connectivity index (χ4n) is 3.57. The van der Waals surface area contributed by atoms with Crippen molar-refractivity contribution in [3.05, 3.63) is 77.6 Å². The molecule has 3 N–H and O–H groups in total. The van der Waals surface area contributed by atoms with Gasteiger partial charge in [0.15, 0.2) is 0 Å². The van der Waals surface area contributed by atoms with Crippen LogP contribution in [0.2, 0.25) is 0 Å². The molecule has 0 bridgehead atoms. The number of rotatable bonds is 10. The molecule has 36 heavy (non-hydrogen) atoms. The molecule has 0 aliphatic carbocycles. The Kier molecular flexibility index (Phi) is 8.63. The summed E-state index contributed by atoms with van der Waals surface area (Å²) >= 11 is 0. The molecule has 1 heterocycles. The number of nitrogens with one attached hydrogen (secondary N) is 2. The predicted molar refractivity (Wildman–Crippen MR) is 129 cm³/mol. The van der Waals surface area contributed by atoms with Gasteiger partial charge in [-0.15, -0.1) is 0 Å². The average molecular weight is 501 g/mol. The third-order valence-corrected chi connectivity index (χ3v) is 5.41. The highest BCUT2D eigenvalue weighted by Gasteiger charge is 2.30. The first-order valence-corrected chi connectivity index (χ1v) is 11.4. The highest BCUT2D eigenvalue weighted by atomic mass is 19.4. The maximum absolute atomic E-state index is 12.8. The Hall–Kier alpha value is -3.95. The first-order chi connectivity index (χ1) is 17.0. The Morgan fingerprint density at radius 3 is 2.00 bits per heavy atom. The molecule has 0 radical (unpaired) electrons. The lowest BCUT2D eigenvalue weighted by Crippen LogP contribution is -2.26. The SMILES string of the molecule is CC(C)C[C@@H](Nc1ncc(C(=O)NCCC(=O)O)cn1)c1ccc(-c2ccc(C(F)(F)F)cc2)cc1. The van der Waals surface area contributed by atoms with Gasteiger partial charge in [0, 0.05) is 18.9 Å². The van der Waals surface area contributed by atoms with Gasteiger partial charge in [0.25, 0.3) is 5.91 Å². The van der Waals surface area contributed by atoms with E-state index < -0.39 is 23.6 Å². The molecule has 0 aliphatic heterocycles. The van der Waals surface area contributed by atoms with Crippen LogP contribution in [0.1, 0.15) is 54.2 Å². The van der Waals surface area contributed by atoms with E-state index in [4.69, 9.17) is 5.11 Å². The van der Waals surface area contributed by atoms with E-state index in [1.165, 1.54) is 24.5 Å². The number of hydrogen-bond acceptors (Lipinski definition) is 5. The fourth-order valence-corrected chi connectivity index (χ4v) is 3.57. The lowest BCUT2D eigenvalue weighted by molar-refractivity contribution is -0.138. The summed E-state index contributed by atoms with van der Waals surface area (Å²) in [6.07, 6.45) is -1.05. The normalized spacial score (nSPS) is 12.3. The van der Waals surface area contributed by atoms with Crippen molar-refractivity contribution in [2.24, 2.45) is 5.92 Å². The van der Waals surface area contributed by atoms with Crippen molar-refractivity contribution in [3.8, 4) is 11.1 Å². The second kappa shape index (κ2) is 11.7. The number of carboxylic acid groups (broad SMARTS) is 1. The maximum atomic E-state index is 12.8. The van der Waals surface area contributed by atoms with Gasteiger partial charge in [-0.3, -0.25) is 9.59 Å². The van der Waals surface area contributed by atoms with Crippen LogP contribution in [0.4, 0.5) is 19.1 Å². The average Bonchev–Trinajstić information content (AvgIpc) is 2.83. The van der Waals surface area contributed by atoms with Crippen LogP contribution in [0.15, 0.2) is 60.9 Å². The number of amides is 1. The van der Waals surface area contributed by atoms with Crippen LogP contribution in [-0.2, 0) is 11.0 Å². The number of carbonyl (C=O) groups excluding carboxylic acids is 1. The number of nitrogens with zero attached hydrogens (tertiary/aromatic N) is 2. The topological polar surface area (TPSA) is 104 Å². The predicted octanol–water partition coefficient (Wildman–Crippen LogP) is 5.57. The third-order valence-electron chi connectivity index (χ3n) is 5.41. The van der Waals surface area contributed by atoms with Crippen molar-refractivity contribution >= 4 is 17.8 Å². The molecule has 2 aromatic carbocycles. The molecule has 0 saturated carbocycles. The molecule has 1 atom stereocenters. The molecular formula is C26H27F3N4O3. The number of carboxylic acids is 1. The van der Waals surface area contributed by atoms with Crippen molar-refractivity contribution < 1.29 is 27.9 Å². The van der Waals surface area contributed by atoms with Gasteiger partial charge in [0.05, 0.1) is 23.6 Å². The van der Waals surface area contributed by atoms with E-state index in [2.05, 4.69) is 34.4 Å². The Bertz CT molecular complexity index is 1160. The molecule has 0 aliphatic rings. The van der Waals surface area contributed by atoms with Gasteiger partial charge in [-0.1, -0.05) is 50.2 Å². The first kappa shape index (κ1) is 26.7. The standard InChI is InChI=1S/C26H27F3N4O3/c1-16(2)13-22(33-25-31-14-20(15-32-25)24(36)30-12-11-23(34)35)19-5-3-17(4-6-19)18-7-9-21(10-8-18)26(27,28)29/h3-10,14-16,22H,11-13H2,1-2H3,(H,30,36)(H,34,35)(H,31,32,33)/t22-/m1/s1. The Balaban J connectivity index is 1.70. The van der Waals surface area contributed by atoms with E-state index in [0.717, 1.165) is 29.7 Å². The second-order valence-electron chi connectivity index (χ2n) is 8.72. The van der Waals surface area contributed by atoms with E-state index in [1.807, 2.05) is 24.3 Å². The minimum Gasteiger partial charge on any atom is -0.481 e. The van der Waals surface area contributed by atoms with Crippen LogP contribution in [0.5, 0.6) is 0 Å². The lowest BCUT2D eigenvalue weighted by atomic mass is 9.95. The molecule has 1 aromatic heterocycles. The van der Waals surface area contributed by atoms with Crippen molar-refractivity contribution in [2.45, 2.75) is 38.9 Å². The zero-order valence-electron chi connectivity index (χ0n) is 19.8. The highest BCUT2D eigenvalue weighted by Crippen LogP contribution is 2.32. The van der Waals surface area contributed by atoms with Crippen molar-refractivity contribution in [1.29, 1.82) is 0 Å². The summed E-state index contributed by atoms with van der Waals surface area (Å²) in [5.74, 6) is -0.791. The number of benzene rings is 2. The van der Waals surface area contributed by atoms with Gasteiger partial charge in [0.1, 0.15) is 0 Å². The van der Waals surface area contributed by atoms with Gasteiger partial charge in [-0.2, -0.15) is 13.2 Å². The van der Waals surface area contributed by atoms with E-state index in [0.29, 0.717) is 17.4 Å². The zero-order valence-corrected chi connectivity index (χ0v) is 19.8. The minimum atomic E-state index is -4.37. The number of carbonyl (C=O) groups is 2. The summed E-state index contributed by atoms with van der Waals surface area (Å²) in [7, 11) is 0. The number of alkyl halides is 3. The van der Waals surface area contributed by atoms with Gasteiger partial charge in [0.2, 0.25) is 5.95 Å². The quantitative estimate of drug-likeness (QED) is 0.336. The molecule has 7 nitrogen and oxygen atoms in total. The van der Waals surface area contributed by atoms with Gasteiger partial charge in [-0.05, 0) is 41.2 Å². The summed E-state index contributed by atoms with van der Waals surface area (Å²) in [6.45, 7) is 4.17. The Morgan fingerprint density at radius 2 is 1.50 bits per heavy atom. The molecule has 3 aromatic rings. The van der Waals surface area contributed by atoms with Crippen LogP contribution in [0, 0.1) is 5.92 Å². The Morgan fingerprint density at radius 1 is 0.944 bits per heavy atom. The van der Waals surface area contributed by atoms with E-state index in [9.17, 15) is 22.8 Å². The second-order valence-corrected chi connectivity index (χ2v) is 8.72. The molecule has 0 spiro atoms. The van der Waals surface area contributed by atoms with Gasteiger partial charge >= 0.3 is 12.1 Å². The van der Waals surface area contributed by atoms with Crippen molar-refractivity contribution in [1.82, 2.24) is 15.3 Å². The third kappa shape index (κ3) is 7.53. The lowest BCUT2D eigenvalue weighted by Gasteiger charge is -2.21. The maximum Gasteiger partial charge on any atom is 0.416 e. The summed E-state index contributed by atoms with van der Waals surface area (Å²) in [6, 6.07) is 12.5. The van der Waals surface area contributed by atoms with Crippen molar-refractivity contribution in [3.63, 3.8) is 0 Å². The summed E-state index contributed by atoms with van der Waals surface area (Å²) in [5, 5.41) is 14.4. The van der Waals surface area contributed by atoms with Crippen LogP contribution >= 0.6 is 0 Å². The van der Waals surface area contributed by atoms with E-state index in [1.54, 1.807) is 0 Å². The molecule has 0 fully saturated rings. The number of aliphatic carboxylic acids is 1. The molecule has 190 valence electrons. The number of anilines is 1. The molecule has 0 saturated heterocycles. The summed E-state index contributed by atoms with van der Waals surface area (Å²) in [5.41, 5.74) is 1.97. The first-order valence-electron chi connectivity index (χ1n) is 11.4. The zero-order chi connectivity index (χ0) is 26.3. The van der Waals surface area contributed by atoms with E-state index in [-0.39, 0.29) is 24.6 Å². The molecule has 3 rings (SSSR count). The van der Waals surface area contributed by atoms with E-state index >= 15 is 0 Å². The van der Waals surface area contributed by atoms with Gasteiger partial charge in [-0.25, -0.2) is 9.97 Å². The molecular weight excluding hydrogens is 473 g/mol. The highest BCUT2D eigenvalue weighted by molar-refractivity contribution is 5.93. The minimum absolute atomic E-state index is 0.00704.